The van der Waals surface area contributed by atoms with Gasteiger partial charge in [-0.05, 0) is 85.3 Å². The van der Waals surface area contributed by atoms with Gasteiger partial charge in [0.2, 0.25) is 0 Å². The van der Waals surface area contributed by atoms with Crippen LogP contribution in [0.25, 0.3) is 6.08 Å². The van der Waals surface area contributed by atoms with Crippen LogP contribution in [-0.2, 0) is 17.8 Å². The third-order valence-electron chi connectivity index (χ3n) is 6.45. The van der Waals surface area contributed by atoms with Crippen molar-refractivity contribution in [3.8, 4) is 11.5 Å². The smallest absolute Gasteiger partial charge is 0.293 e. The highest BCUT2D eigenvalue weighted by Gasteiger charge is 2.36. The molecule has 1 saturated heterocycles. The van der Waals surface area contributed by atoms with E-state index in [0.29, 0.717) is 41.9 Å². The molecule has 0 spiro atoms. The van der Waals surface area contributed by atoms with Crippen molar-refractivity contribution in [2.75, 3.05) is 13.2 Å². The summed E-state index contributed by atoms with van der Waals surface area (Å²) in [6.45, 7) is 6.94. The summed E-state index contributed by atoms with van der Waals surface area (Å²) in [5.41, 5.74) is 2.44. The Hall–Kier alpha value is -3.06. The first-order valence-corrected chi connectivity index (χ1v) is 13.3. The second kappa shape index (κ2) is 12.3. The average molecular weight is 510 g/mol. The van der Waals surface area contributed by atoms with Crippen molar-refractivity contribution >= 4 is 29.0 Å². The Bertz CT molecular complexity index is 1140. The van der Waals surface area contributed by atoms with E-state index in [1.165, 1.54) is 36.3 Å². The highest BCUT2D eigenvalue weighted by atomic mass is 32.2. The Morgan fingerprint density at radius 1 is 1.11 bits per heavy atom. The number of imide groups is 1. The van der Waals surface area contributed by atoms with Crippen molar-refractivity contribution in [2.45, 2.75) is 52.1 Å². The minimum Gasteiger partial charge on any atom is -0.490 e. The monoisotopic (exact) mass is 509 g/mol. The molecule has 1 heterocycles. The zero-order valence-electron chi connectivity index (χ0n) is 20.6. The Morgan fingerprint density at radius 2 is 1.86 bits per heavy atom. The highest BCUT2D eigenvalue weighted by Crippen LogP contribution is 2.38. The van der Waals surface area contributed by atoms with E-state index in [9.17, 15) is 14.0 Å². The first kappa shape index (κ1) is 26.0. The summed E-state index contributed by atoms with van der Waals surface area (Å²) in [6.07, 6.45) is 9.77. The maximum absolute atomic E-state index is 13.3. The van der Waals surface area contributed by atoms with Crippen LogP contribution in [-0.4, -0.2) is 29.2 Å². The van der Waals surface area contributed by atoms with E-state index in [1.54, 1.807) is 24.3 Å². The first-order chi connectivity index (χ1) is 17.5. The van der Waals surface area contributed by atoms with Crippen molar-refractivity contribution in [1.82, 2.24) is 4.90 Å². The minimum atomic E-state index is -0.298. The summed E-state index contributed by atoms with van der Waals surface area (Å²) < 4.78 is 25.3. The van der Waals surface area contributed by atoms with Crippen LogP contribution in [0.2, 0.25) is 0 Å². The second-order valence-electron chi connectivity index (χ2n) is 9.14. The van der Waals surface area contributed by atoms with Crippen LogP contribution in [0.15, 0.2) is 54.0 Å². The Labute approximate surface area is 216 Å². The molecule has 1 saturated carbocycles. The molecule has 2 aliphatic rings. The van der Waals surface area contributed by atoms with Crippen molar-refractivity contribution in [3.05, 3.63) is 76.5 Å². The predicted molar refractivity (Wildman–Crippen MR) is 141 cm³/mol. The van der Waals surface area contributed by atoms with Crippen LogP contribution in [0.1, 0.15) is 55.7 Å². The minimum absolute atomic E-state index is 0.201. The number of allylic oxidation sites excluding steroid dienone is 1. The molecule has 5 nitrogen and oxygen atoms in total. The van der Waals surface area contributed by atoms with Gasteiger partial charge in [0.15, 0.2) is 11.5 Å². The standard InChI is InChI=1S/C29H32FNO4S/c1-3-8-23-15-22(16-25(34-4-2)27(23)35-19-21-11-13-24(30)14-12-21)17-26-28(32)31(29(33)36-26)18-20-9-6-5-7-10-20/h3,11-17,20H,1,4-10,18-19H2,2H3/b26-17+. The van der Waals surface area contributed by atoms with Crippen molar-refractivity contribution in [2.24, 2.45) is 5.92 Å². The molecule has 1 aliphatic heterocycles. The van der Waals surface area contributed by atoms with Gasteiger partial charge in [0.1, 0.15) is 12.4 Å². The number of carbonyl (C=O) groups is 2. The van der Waals surface area contributed by atoms with Crippen LogP contribution in [0.3, 0.4) is 0 Å². The molecule has 0 N–H and O–H groups in total. The van der Waals surface area contributed by atoms with E-state index < -0.39 is 0 Å². The van der Waals surface area contributed by atoms with Gasteiger partial charge in [0, 0.05) is 12.1 Å². The van der Waals surface area contributed by atoms with Gasteiger partial charge >= 0.3 is 0 Å². The molecule has 36 heavy (non-hydrogen) atoms. The summed E-state index contributed by atoms with van der Waals surface area (Å²) in [5.74, 6) is 1.01. The first-order valence-electron chi connectivity index (χ1n) is 12.5. The molecule has 0 atom stereocenters. The number of nitrogens with zero attached hydrogens (tertiary/aromatic N) is 1. The van der Waals surface area contributed by atoms with Gasteiger partial charge in [0.25, 0.3) is 11.1 Å². The molecule has 0 radical (unpaired) electrons. The number of halogens is 1. The van der Waals surface area contributed by atoms with E-state index in [0.717, 1.165) is 41.3 Å². The van der Waals surface area contributed by atoms with E-state index in [-0.39, 0.29) is 23.6 Å². The number of rotatable bonds is 10. The van der Waals surface area contributed by atoms with Crippen LogP contribution in [0.5, 0.6) is 11.5 Å². The second-order valence-corrected chi connectivity index (χ2v) is 10.1. The number of carbonyl (C=O) groups excluding carboxylic acids is 2. The van der Waals surface area contributed by atoms with Crippen LogP contribution in [0.4, 0.5) is 9.18 Å². The fourth-order valence-electron chi connectivity index (χ4n) is 4.67. The largest absolute Gasteiger partial charge is 0.490 e. The van der Waals surface area contributed by atoms with E-state index in [1.807, 2.05) is 19.1 Å². The number of hydrogen-bond acceptors (Lipinski definition) is 5. The number of ether oxygens (including phenoxy) is 2. The van der Waals surface area contributed by atoms with Crippen LogP contribution >= 0.6 is 11.8 Å². The zero-order chi connectivity index (χ0) is 25.5. The number of amides is 2. The lowest BCUT2D eigenvalue weighted by atomic mass is 9.89. The van der Waals surface area contributed by atoms with Gasteiger partial charge in [0.05, 0.1) is 11.5 Å². The molecule has 0 bridgehead atoms. The molecular formula is C29H32FNO4S. The lowest BCUT2D eigenvalue weighted by Crippen LogP contribution is -2.34. The quantitative estimate of drug-likeness (QED) is 0.251. The Kier molecular flexibility index (Phi) is 8.86. The Balaban J connectivity index is 1.57. The third-order valence-corrected chi connectivity index (χ3v) is 7.36. The average Bonchev–Trinajstić information content (AvgIpc) is 3.13. The SMILES string of the molecule is C=CCc1cc(/C=C2/SC(=O)N(CC3CCCCC3)C2=O)cc(OCC)c1OCc1ccc(F)cc1. The number of hydrogen-bond donors (Lipinski definition) is 0. The topological polar surface area (TPSA) is 55.8 Å². The molecule has 1 aliphatic carbocycles. The molecule has 4 rings (SSSR count). The zero-order valence-corrected chi connectivity index (χ0v) is 21.5. The molecule has 2 aromatic carbocycles. The normalized spacial score (nSPS) is 17.6. The third kappa shape index (κ3) is 6.38. The molecule has 190 valence electrons. The Morgan fingerprint density at radius 3 is 2.56 bits per heavy atom. The molecule has 0 unspecified atom stereocenters. The lowest BCUT2D eigenvalue weighted by Gasteiger charge is -2.25. The highest BCUT2D eigenvalue weighted by molar-refractivity contribution is 8.18. The van der Waals surface area contributed by atoms with Gasteiger partial charge in [-0.25, -0.2) is 4.39 Å². The lowest BCUT2D eigenvalue weighted by molar-refractivity contribution is -0.123. The summed E-state index contributed by atoms with van der Waals surface area (Å²) >= 11 is 0.992. The van der Waals surface area contributed by atoms with Crippen molar-refractivity contribution in [3.63, 3.8) is 0 Å². The summed E-state index contributed by atoms with van der Waals surface area (Å²) in [6, 6.07) is 9.92. The molecule has 2 amide bonds. The van der Waals surface area contributed by atoms with Crippen LogP contribution in [0, 0.1) is 11.7 Å². The van der Waals surface area contributed by atoms with Gasteiger partial charge in [-0.3, -0.25) is 14.5 Å². The molecular weight excluding hydrogens is 477 g/mol. The summed E-state index contributed by atoms with van der Waals surface area (Å²) in [4.78, 5) is 27.5. The van der Waals surface area contributed by atoms with Gasteiger partial charge in [-0.2, -0.15) is 0 Å². The van der Waals surface area contributed by atoms with Gasteiger partial charge in [-0.15, -0.1) is 6.58 Å². The van der Waals surface area contributed by atoms with Gasteiger partial charge < -0.3 is 9.47 Å². The number of benzene rings is 2. The summed E-state index contributed by atoms with van der Waals surface area (Å²) in [7, 11) is 0. The van der Waals surface area contributed by atoms with Gasteiger partial charge in [-0.1, -0.05) is 37.5 Å². The molecule has 7 heteroatoms. The predicted octanol–water partition coefficient (Wildman–Crippen LogP) is 7.15. The summed E-state index contributed by atoms with van der Waals surface area (Å²) in [5, 5.41) is -0.201. The number of thioether (sulfide) groups is 1. The molecule has 0 aromatic heterocycles. The fraction of sp³-hybridized carbons (Fsp3) is 0.379. The van der Waals surface area contributed by atoms with Crippen LogP contribution < -0.4 is 9.47 Å². The van der Waals surface area contributed by atoms with E-state index >= 15 is 0 Å². The fourth-order valence-corrected chi connectivity index (χ4v) is 5.52. The van der Waals surface area contributed by atoms with E-state index in [2.05, 4.69) is 6.58 Å². The maximum atomic E-state index is 13.3. The molecule has 2 fully saturated rings. The van der Waals surface area contributed by atoms with Crippen molar-refractivity contribution < 1.29 is 23.5 Å². The molecule has 2 aromatic rings. The van der Waals surface area contributed by atoms with Crippen molar-refractivity contribution in [1.29, 1.82) is 0 Å². The maximum Gasteiger partial charge on any atom is 0.293 e. The van der Waals surface area contributed by atoms with E-state index in [4.69, 9.17) is 9.47 Å².